The fourth-order valence-corrected chi connectivity index (χ4v) is 4.28. The number of esters is 2. The van der Waals surface area contributed by atoms with Crippen molar-refractivity contribution in [2.45, 2.75) is 39.2 Å². The van der Waals surface area contributed by atoms with Crippen molar-refractivity contribution >= 4 is 39.4 Å². The molecule has 0 aliphatic heterocycles. The lowest BCUT2D eigenvalue weighted by atomic mass is 10.1. The van der Waals surface area contributed by atoms with Gasteiger partial charge in [-0.2, -0.15) is 4.99 Å². The van der Waals surface area contributed by atoms with Gasteiger partial charge in [-0.05, 0) is 38.0 Å². The van der Waals surface area contributed by atoms with E-state index in [1.165, 1.54) is 18.4 Å². The molecule has 27 heavy (non-hydrogen) atoms. The Morgan fingerprint density at radius 3 is 2.67 bits per heavy atom. The Kier molecular flexibility index (Phi) is 6.05. The van der Waals surface area contributed by atoms with Crippen LogP contribution in [0.2, 0.25) is 0 Å². The first-order valence-corrected chi connectivity index (χ1v) is 9.81. The predicted octanol–water partition coefficient (Wildman–Crippen LogP) is 2.67. The Labute approximate surface area is 160 Å². The van der Waals surface area contributed by atoms with Gasteiger partial charge in [-0.3, -0.25) is 9.59 Å². The zero-order chi connectivity index (χ0) is 19.4. The van der Waals surface area contributed by atoms with E-state index in [-0.39, 0.29) is 18.4 Å². The zero-order valence-corrected chi connectivity index (χ0v) is 16.2. The summed E-state index contributed by atoms with van der Waals surface area (Å²) in [5, 5.41) is 0. The van der Waals surface area contributed by atoms with Gasteiger partial charge < -0.3 is 14.0 Å². The van der Waals surface area contributed by atoms with Crippen LogP contribution in [0.15, 0.2) is 23.2 Å². The molecule has 1 fully saturated rings. The third kappa shape index (κ3) is 4.27. The second-order valence-electron chi connectivity index (χ2n) is 6.38. The number of rotatable bonds is 5. The molecule has 1 aromatic heterocycles. The summed E-state index contributed by atoms with van der Waals surface area (Å²) >= 11 is 1.27. The van der Waals surface area contributed by atoms with Crippen LogP contribution in [0.5, 0.6) is 0 Å². The molecule has 0 radical (unpaired) electrons. The van der Waals surface area contributed by atoms with Crippen LogP contribution in [0.4, 0.5) is 0 Å². The van der Waals surface area contributed by atoms with E-state index in [2.05, 4.69) is 4.99 Å². The van der Waals surface area contributed by atoms with Gasteiger partial charge in [0.25, 0.3) is 5.91 Å². The van der Waals surface area contributed by atoms with Crippen LogP contribution in [0.3, 0.4) is 0 Å². The summed E-state index contributed by atoms with van der Waals surface area (Å²) < 4.78 is 12.2. The van der Waals surface area contributed by atoms with Crippen molar-refractivity contribution in [3.63, 3.8) is 0 Å². The van der Waals surface area contributed by atoms with E-state index in [0.29, 0.717) is 17.0 Å². The van der Waals surface area contributed by atoms with E-state index in [0.717, 1.165) is 35.9 Å². The van der Waals surface area contributed by atoms with Crippen molar-refractivity contribution < 1.29 is 23.9 Å². The second kappa shape index (κ2) is 8.47. The summed E-state index contributed by atoms with van der Waals surface area (Å²) in [6.45, 7) is 1.99. The molecular formula is C19H22N2O5S. The lowest BCUT2D eigenvalue weighted by Gasteiger charge is -2.05. The SMILES string of the molecule is CCOC(=O)c1ccc2c(c1)sc(=NC(=O)C1CCCC1)n2CC(=O)OC. The third-order valence-electron chi connectivity index (χ3n) is 4.62. The summed E-state index contributed by atoms with van der Waals surface area (Å²) in [5.41, 5.74) is 1.14. The molecule has 1 amide bonds. The standard InChI is InChI=1S/C19H22N2O5S/c1-3-26-18(24)13-8-9-14-15(10-13)27-19(21(14)11-16(22)25-2)20-17(23)12-6-4-5-7-12/h8-10,12H,3-7,11H2,1-2H3. The molecule has 0 bridgehead atoms. The lowest BCUT2D eigenvalue weighted by Crippen LogP contribution is -2.23. The highest BCUT2D eigenvalue weighted by molar-refractivity contribution is 7.16. The first-order valence-electron chi connectivity index (χ1n) is 8.99. The Morgan fingerprint density at radius 1 is 1.26 bits per heavy atom. The molecule has 1 saturated carbocycles. The van der Waals surface area contributed by atoms with Crippen LogP contribution < -0.4 is 4.80 Å². The number of amides is 1. The summed E-state index contributed by atoms with van der Waals surface area (Å²) in [6.07, 6.45) is 3.81. The molecule has 0 spiro atoms. The van der Waals surface area contributed by atoms with Gasteiger partial charge in [-0.1, -0.05) is 24.2 Å². The minimum Gasteiger partial charge on any atom is -0.468 e. The number of benzene rings is 1. The molecule has 0 unspecified atom stereocenters. The van der Waals surface area contributed by atoms with Crippen molar-refractivity contribution in [1.29, 1.82) is 0 Å². The monoisotopic (exact) mass is 390 g/mol. The van der Waals surface area contributed by atoms with Crippen molar-refractivity contribution in [2.24, 2.45) is 10.9 Å². The number of hydrogen-bond donors (Lipinski definition) is 0. The number of nitrogens with zero attached hydrogens (tertiary/aromatic N) is 2. The van der Waals surface area contributed by atoms with Gasteiger partial charge >= 0.3 is 11.9 Å². The number of hydrogen-bond acceptors (Lipinski definition) is 6. The fraction of sp³-hybridized carbons (Fsp3) is 0.474. The average molecular weight is 390 g/mol. The molecule has 144 valence electrons. The van der Waals surface area contributed by atoms with Gasteiger partial charge in [-0.25, -0.2) is 4.79 Å². The number of aromatic nitrogens is 1. The van der Waals surface area contributed by atoms with E-state index in [1.54, 1.807) is 29.7 Å². The number of fused-ring (bicyclic) bond motifs is 1. The summed E-state index contributed by atoms with van der Waals surface area (Å²) in [6, 6.07) is 5.08. The topological polar surface area (TPSA) is 87.0 Å². The summed E-state index contributed by atoms with van der Waals surface area (Å²) in [4.78, 5) is 41.0. The lowest BCUT2D eigenvalue weighted by molar-refractivity contribution is -0.141. The van der Waals surface area contributed by atoms with Gasteiger partial charge in [0.1, 0.15) is 6.54 Å². The normalized spacial score (nSPS) is 15.3. The van der Waals surface area contributed by atoms with Crippen LogP contribution in [-0.2, 0) is 25.6 Å². The molecule has 3 rings (SSSR count). The predicted molar refractivity (Wildman–Crippen MR) is 100 cm³/mol. The maximum atomic E-state index is 12.5. The highest BCUT2D eigenvalue weighted by atomic mass is 32.1. The van der Waals surface area contributed by atoms with Crippen molar-refractivity contribution in [3.8, 4) is 0 Å². The highest BCUT2D eigenvalue weighted by Gasteiger charge is 2.23. The highest BCUT2D eigenvalue weighted by Crippen LogP contribution is 2.26. The van der Waals surface area contributed by atoms with E-state index >= 15 is 0 Å². The minimum absolute atomic E-state index is 0.0446. The Hall–Kier alpha value is -2.48. The molecule has 1 heterocycles. The molecular weight excluding hydrogens is 368 g/mol. The summed E-state index contributed by atoms with van der Waals surface area (Å²) in [7, 11) is 1.32. The maximum Gasteiger partial charge on any atom is 0.338 e. The average Bonchev–Trinajstić information content (AvgIpc) is 3.30. The molecule has 8 heteroatoms. The quantitative estimate of drug-likeness (QED) is 0.733. The first kappa shape index (κ1) is 19.3. The van der Waals surface area contributed by atoms with Crippen molar-refractivity contribution in [1.82, 2.24) is 4.57 Å². The van der Waals surface area contributed by atoms with Crippen molar-refractivity contribution in [3.05, 3.63) is 28.6 Å². The molecule has 1 aliphatic rings. The van der Waals surface area contributed by atoms with Crippen LogP contribution in [0.25, 0.3) is 10.2 Å². The van der Waals surface area contributed by atoms with Gasteiger partial charge in [0.15, 0.2) is 4.80 Å². The number of methoxy groups -OCH3 is 1. The van der Waals surface area contributed by atoms with Crippen LogP contribution in [0.1, 0.15) is 43.0 Å². The van der Waals surface area contributed by atoms with E-state index in [9.17, 15) is 14.4 Å². The van der Waals surface area contributed by atoms with E-state index < -0.39 is 11.9 Å². The molecule has 2 aromatic rings. The Balaban J connectivity index is 2.06. The van der Waals surface area contributed by atoms with Gasteiger partial charge in [-0.15, -0.1) is 0 Å². The van der Waals surface area contributed by atoms with E-state index in [4.69, 9.17) is 9.47 Å². The molecule has 1 aliphatic carbocycles. The molecule has 0 saturated heterocycles. The molecule has 1 aromatic carbocycles. The van der Waals surface area contributed by atoms with Crippen LogP contribution in [0, 0.1) is 5.92 Å². The summed E-state index contributed by atoms with van der Waals surface area (Å²) in [5.74, 6) is -1.04. The molecule has 7 nitrogen and oxygen atoms in total. The van der Waals surface area contributed by atoms with Gasteiger partial charge in [0, 0.05) is 5.92 Å². The van der Waals surface area contributed by atoms with Gasteiger partial charge in [0.05, 0.1) is 29.5 Å². The number of ether oxygens (including phenoxy) is 2. The minimum atomic E-state index is -0.432. The molecule has 0 atom stereocenters. The Bertz CT molecular complexity index is 937. The van der Waals surface area contributed by atoms with Crippen LogP contribution >= 0.6 is 11.3 Å². The third-order valence-corrected chi connectivity index (χ3v) is 5.66. The van der Waals surface area contributed by atoms with Gasteiger partial charge in [0.2, 0.25) is 0 Å². The Morgan fingerprint density at radius 2 is 2.00 bits per heavy atom. The number of thiazole rings is 1. The fourth-order valence-electron chi connectivity index (χ4n) is 3.20. The maximum absolute atomic E-state index is 12.5. The van der Waals surface area contributed by atoms with E-state index in [1.807, 2.05) is 0 Å². The smallest absolute Gasteiger partial charge is 0.338 e. The molecule has 0 N–H and O–H groups in total. The second-order valence-corrected chi connectivity index (χ2v) is 7.39. The van der Waals surface area contributed by atoms with Crippen LogP contribution in [-0.4, -0.2) is 36.1 Å². The number of carbonyl (C=O) groups is 3. The largest absolute Gasteiger partial charge is 0.468 e. The first-order chi connectivity index (χ1) is 13.0. The number of carbonyl (C=O) groups excluding carboxylic acids is 3. The zero-order valence-electron chi connectivity index (χ0n) is 15.4. The van der Waals surface area contributed by atoms with Crippen molar-refractivity contribution in [2.75, 3.05) is 13.7 Å².